The second-order valence-electron chi connectivity index (χ2n) is 4.33. The van der Waals surface area contributed by atoms with Gasteiger partial charge in [0.15, 0.2) is 0 Å². The van der Waals surface area contributed by atoms with E-state index in [1.165, 1.54) is 0 Å². The molecule has 0 N–H and O–H groups in total. The molecule has 0 spiro atoms. The Balaban J connectivity index is 2.17. The Kier molecular flexibility index (Phi) is 5.59. The fourth-order valence-corrected chi connectivity index (χ4v) is 2.74. The minimum Gasteiger partial charge on any atom is -0.383 e. The molecule has 0 aliphatic carbocycles. The zero-order valence-electron chi connectivity index (χ0n) is 11.2. The van der Waals surface area contributed by atoms with Crippen molar-refractivity contribution in [3.8, 4) is 0 Å². The summed E-state index contributed by atoms with van der Waals surface area (Å²) >= 11 is 7.72. The lowest BCUT2D eigenvalue weighted by Crippen LogP contribution is -2.33. The number of halogens is 1. The topological polar surface area (TPSA) is 29.5 Å². The number of amides is 1. The molecule has 0 saturated carbocycles. The highest BCUT2D eigenvalue weighted by Crippen LogP contribution is 2.19. The first-order valence-electron chi connectivity index (χ1n) is 6.26. The molecule has 0 aliphatic heterocycles. The van der Waals surface area contributed by atoms with Gasteiger partial charge in [0.1, 0.15) is 0 Å². The van der Waals surface area contributed by atoms with Gasteiger partial charge in [0.2, 0.25) is 0 Å². The Hall–Kier alpha value is -1.36. The standard InChI is InChI=1S/C15H16ClNO2S/c1-19-8-7-17(10-12-6-9-20-11-12)15(18)13-4-2-3-5-14(13)16/h2-6,9,11H,7-8,10H2,1H3. The maximum absolute atomic E-state index is 12.6. The van der Waals surface area contributed by atoms with Crippen molar-refractivity contribution in [1.29, 1.82) is 0 Å². The number of thiophene rings is 1. The smallest absolute Gasteiger partial charge is 0.255 e. The van der Waals surface area contributed by atoms with Crippen LogP contribution < -0.4 is 0 Å². The van der Waals surface area contributed by atoms with Gasteiger partial charge in [-0.2, -0.15) is 11.3 Å². The van der Waals surface area contributed by atoms with Gasteiger partial charge >= 0.3 is 0 Å². The molecule has 0 aliphatic rings. The van der Waals surface area contributed by atoms with E-state index in [2.05, 4.69) is 0 Å². The number of methoxy groups -OCH3 is 1. The highest BCUT2D eigenvalue weighted by Gasteiger charge is 2.18. The molecular weight excluding hydrogens is 294 g/mol. The van der Waals surface area contributed by atoms with Crippen molar-refractivity contribution in [2.24, 2.45) is 0 Å². The van der Waals surface area contributed by atoms with Gasteiger partial charge in [-0.05, 0) is 34.5 Å². The van der Waals surface area contributed by atoms with Crippen LogP contribution in [0.3, 0.4) is 0 Å². The summed E-state index contributed by atoms with van der Waals surface area (Å²) in [4.78, 5) is 14.3. The van der Waals surface area contributed by atoms with Gasteiger partial charge in [-0.1, -0.05) is 23.7 Å². The van der Waals surface area contributed by atoms with Gasteiger partial charge in [-0.25, -0.2) is 0 Å². The van der Waals surface area contributed by atoms with Gasteiger partial charge in [-0.15, -0.1) is 0 Å². The van der Waals surface area contributed by atoms with Crippen LogP contribution in [0.5, 0.6) is 0 Å². The van der Waals surface area contributed by atoms with Gasteiger partial charge < -0.3 is 9.64 Å². The minimum atomic E-state index is -0.0705. The molecule has 1 heterocycles. The van der Waals surface area contributed by atoms with E-state index >= 15 is 0 Å². The lowest BCUT2D eigenvalue weighted by molar-refractivity contribution is 0.0681. The summed E-state index contributed by atoms with van der Waals surface area (Å²) in [5.41, 5.74) is 1.65. The van der Waals surface area contributed by atoms with Crippen molar-refractivity contribution in [2.75, 3.05) is 20.3 Å². The van der Waals surface area contributed by atoms with E-state index < -0.39 is 0 Å². The van der Waals surface area contributed by atoms with E-state index in [0.717, 1.165) is 5.56 Å². The van der Waals surface area contributed by atoms with Crippen LogP contribution >= 0.6 is 22.9 Å². The van der Waals surface area contributed by atoms with E-state index in [9.17, 15) is 4.79 Å². The number of carbonyl (C=O) groups is 1. The van der Waals surface area contributed by atoms with E-state index in [1.54, 1.807) is 35.5 Å². The fraction of sp³-hybridized carbons (Fsp3) is 0.267. The molecule has 20 heavy (non-hydrogen) atoms. The largest absolute Gasteiger partial charge is 0.383 e. The lowest BCUT2D eigenvalue weighted by Gasteiger charge is -2.22. The zero-order valence-corrected chi connectivity index (χ0v) is 12.8. The highest BCUT2D eigenvalue weighted by atomic mass is 35.5. The molecule has 2 rings (SSSR count). The van der Waals surface area contributed by atoms with Gasteiger partial charge in [0, 0.05) is 20.2 Å². The van der Waals surface area contributed by atoms with Crippen LogP contribution in [-0.4, -0.2) is 31.1 Å². The zero-order chi connectivity index (χ0) is 14.4. The number of hydrogen-bond donors (Lipinski definition) is 0. The van der Waals surface area contributed by atoms with Crippen molar-refractivity contribution in [2.45, 2.75) is 6.54 Å². The highest BCUT2D eigenvalue weighted by molar-refractivity contribution is 7.07. The molecule has 0 unspecified atom stereocenters. The Morgan fingerprint density at radius 1 is 1.35 bits per heavy atom. The summed E-state index contributed by atoms with van der Waals surface area (Å²) in [6.07, 6.45) is 0. The van der Waals surface area contributed by atoms with Crippen LogP contribution in [0, 0.1) is 0 Å². The quantitative estimate of drug-likeness (QED) is 0.814. The first-order valence-corrected chi connectivity index (χ1v) is 7.58. The van der Waals surface area contributed by atoms with Crippen LogP contribution in [-0.2, 0) is 11.3 Å². The number of hydrogen-bond acceptors (Lipinski definition) is 3. The summed E-state index contributed by atoms with van der Waals surface area (Å²) in [6, 6.07) is 9.13. The molecule has 1 aromatic heterocycles. The fourth-order valence-electron chi connectivity index (χ4n) is 1.86. The second kappa shape index (κ2) is 7.43. The van der Waals surface area contributed by atoms with Crippen molar-refractivity contribution in [3.05, 3.63) is 57.2 Å². The first-order chi connectivity index (χ1) is 9.72. The summed E-state index contributed by atoms with van der Waals surface area (Å²) in [5, 5.41) is 4.52. The molecule has 0 saturated heterocycles. The third-order valence-corrected chi connectivity index (χ3v) is 3.97. The van der Waals surface area contributed by atoms with Crippen molar-refractivity contribution in [1.82, 2.24) is 4.90 Å². The predicted octanol–water partition coefficient (Wildman–Crippen LogP) is 3.69. The number of nitrogens with zero attached hydrogens (tertiary/aromatic N) is 1. The van der Waals surface area contributed by atoms with Gasteiger partial charge in [0.05, 0.1) is 17.2 Å². The monoisotopic (exact) mass is 309 g/mol. The predicted molar refractivity (Wildman–Crippen MR) is 82.4 cm³/mol. The molecule has 2 aromatic rings. The third-order valence-electron chi connectivity index (χ3n) is 2.91. The maximum Gasteiger partial charge on any atom is 0.255 e. The maximum atomic E-state index is 12.6. The van der Waals surface area contributed by atoms with Crippen molar-refractivity contribution in [3.63, 3.8) is 0 Å². The average Bonchev–Trinajstić information content (AvgIpc) is 2.96. The normalized spacial score (nSPS) is 10.5. The molecule has 0 fully saturated rings. The number of carbonyl (C=O) groups excluding carboxylic acids is 1. The molecule has 5 heteroatoms. The van der Waals surface area contributed by atoms with E-state index in [4.69, 9.17) is 16.3 Å². The second-order valence-corrected chi connectivity index (χ2v) is 5.52. The first kappa shape index (κ1) is 15.0. The Morgan fingerprint density at radius 3 is 2.80 bits per heavy atom. The molecule has 106 valence electrons. The summed E-state index contributed by atoms with van der Waals surface area (Å²) in [7, 11) is 1.63. The molecular formula is C15H16ClNO2S. The molecule has 1 aromatic carbocycles. The van der Waals surface area contributed by atoms with Crippen molar-refractivity contribution >= 4 is 28.8 Å². The third kappa shape index (κ3) is 3.82. The summed E-state index contributed by atoms with van der Waals surface area (Å²) < 4.78 is 5.08. The molecule has 3 nitrogen and oxygen atoms in total. The summed E-state index contributed by atoms with van der Waals surface area (Å²) in [5.74, 6) is -0.0705. The molecule has 0 bridgehead atoms. The van der Waals surface area contributed by atoms with Crippen LogP contribution in [0.15, 0.2) is 41.1 Å². The minimum absolute atomic E-state index is 0.0705. The molecule has 0 radical (unpaired) electrons. The van der Waals surface area contributed by atoms with Gasteiger partial charge in [0.25, 0.3) is 5.91 Å². The van der Waals surface area contributed by atoms with E-state index in [0.29, 0.717) is 30.3 Å². The summed E-state index contributed by atoms with van der Waals surface area (Å²) in [6.45, 7) is 1.60. The Labute approximate surface area is 127 Å². The number of ether oxygens (including phenoxy) is 1. The number of benzene rings is 1. The van der Waals surface area contributed by atoms with E-state index in [1.807, 2.05) is 29.0 Å². The Bertz CT molecular complexity index is 557. The van der Waals surface area contributed by atoms with Gasteiger partial charge in [-0.3, -0.25) is 4.79 Å². The molecule has 0 atom stereocenters. The Morgan fingerprint density at radius 2 is 2.15 bits per heavy atom. The molecule has 1 amide bonds. The van der Waals surface area contributed by atoms with Crippen LogP contribution in [0.1, 0.15) is 15.9 Å². The van der Waals surface area contributed by atoms with Crippen LogP contribution in [0.25, 0.3) is 0 Å². The van der Waals surface area contributed by atoms with Crippen LogP contribution in [0.2, 0.25) is 5.02 Å². The number of rotatable bonds is 6. The van der Waals surface area contributed by atoms with Crippen molar-refractivity contribution < 1.29 is 9.53 Å². The van der Waals surface area contributed by atoms with E-state index in [-0.39, 0.29) is 5.91 Å². The SMILES string of the molecule is COCCN(Cc1ccsc1)C(=O)c1ccccc1Cl. The van der Waals surface area contributed by atoms with Crippen LogP contribution in [0.4, 0.5) is 0 Å². The average molecular weight is 310 g/mol. The lowest BCUT2D eigenvalue weighted by atomic mass is 10.2.